The van der Waals surface area contributed by atoms with Gasteiger partial charge in [-0.25, -0.2) is 8.42 Å². The van der Waals surface area contributed by atoms with Crippen LogP contribution in [0.5, 0.6) is 0 Å². The molecule has 2 nitrogen and oxygen atoms in total. The summed E-state index contributed by atoms with van der Waals surface area (Å²) < 4.78 is 21.5. The largest absolute Gasteiger partial charge is 0.229 e. The number of sulfone groups is 1. The Kier molecular flexibility index (Phi) is 7.33. The molecule has 0 radical (unpaired) electrons. The Morgan fingerprint density at radius 2 is 1.31 bits per heavy atom. The fourth-order valence-electron chi connectivity index (χ4n) is 1.32. The molecular formula is C10H22O2S. The molecule has 80 valence electrons. The van der Waals surface area contributed by atoms with Crippen LogP contribution in [0.15, 0.2) is 0 Å². The van der Waals surface area contributed by atoms with E-state index in [0.717, 1.165) is 12.8 Å². The van der Waals surface area contributed by atoms with Gasteiger partial charge < -0.3 is 0 Å². The van der Waals surface area contributed by atoms with Gasteiger partial charge in [0.25, 0.3) is 0 Å². The predicted molar refractivity (Wildman–Crippen MR) is 57.7 cm³/mol. The molecule has 0 rings (SSSR count). The first-order chi connectivity index (χ1) is 6.06. The molecule has 0 aliphatic heterocycles. The van der Waals surface area contributed by atoms with Crippen molar-refractivity contribution in [2.75, 3.05) is 12.0 Å². The van der Waals surface area contributed by atoms with Crippen LogP contribution in [0.25, 0.3) is 0 Å². The molecular weight excluding hydrogens is 184 g/mol. The molecule has 0 amide bonds. The van der Waals surface area contributed by atoms with Gasteiger partial charge in [-0.3, -0.25) is 0 Å². The van der Waals surface area contributed by atoms with Crippen LogP contribution in [0.2, 0.25) is 0 Å². The number of hydrogen-bond donors (Lipinski definition) is 0. The molecule has 0 bridgehead atoms. The second-order valence-electron chi connectivity index (χ2n) is 3.75. The van der Waals surface area contributed by atoms with E-state index in [1.54, 1.807) is 0 Å². The molecule has 13 heavy (non-hydrogen) atoms. The zero-order valence-corrected chi connectivity index (χ0v) is 9.70. The molecule has 0 saturated carbocycles. The maximum atomic E-state index is 10.8. The highest BCUT2D eigenvalue weighted by molar-refractivity contribution is 7.90. The van der Waals surface area contributed by atoms with Crippen molar-refractivity contribution in [3.8, 4) is 0 Å². The van der Waals surface area contributed by atoms with E-state index in [-0.39, 0.29) is 0 Å². The maximum absolute atomic E-state index is 10.8. The third-order valence-corrected chi connectivity index (χ3v) is 3.15. The Hall–Kier alpha value is -0.0500. The predicted octanol–water partition coefficient (Wildman–Crippen LogP) is 2.78. The van der Waals surface area contributed by atoms with Crippen molar-refractivity contribution in [3.63, 3.8) is 0 Å². The lowest BCUT2D eigenvalue weighted by Gasteiger charge is -1.99. The average Bonchev–Trinajstić information content (AvgIpc) is 2.01. The fraction of sp³-hybridized carbons (Fsp3) is 1.00. The van der Waals surface area contributed by atoms with Crippen molar-refractivity contribution >= 4 is 9.84 Å². The highest BCUT2D eigenvalue weighted by atomic mass is 32.2. The van der Waals surface area contributed by atoms with Crippen LogP contribution < -0.4 is 0 Å². The van der Waals surface area contributed by atoms with E-state index >= 15 is 0 Å². The summed E-state index contributed by atoms with van der Waals surface area (Å²) >= 11 is 0. The van der Waals surface area contributed by atoms with Gasteiger partial charge in [-0.2, -0.15) is 0 Å². The van der Waals surface area contributed by atoms with E-state index in [1.807, 2.05) is 0 Å². The first kappa shape index (κ1) is 12.9. The molecule has 0 spiro atoms. The van der Waals surface area contributed by atoms with Crippen molar-refractivity contribution in [2.45, 2.75) is 51.9 Å². The lowest BCUT2D eigenvalue weighted by molar-refractivity contribution is 0.583. The summed E-state index contributed by atoms with van der Waals surface area (Å²) in [6.45, 7) is 2.20. The van der Waals surface area contributed by atoms with Gasteiger partial charge in [0.15, 0.2) is 0 Å². The minimum atomic E-state index is -2.72. The van der Waals surface area contributed by atoms with E-state index in [4.69, 9.17) is 0 Å². The molecule has 0 aromatic heterocycles. The highest BCUT2D eigenvalue weighted by Crippen LogP contribution is 2.07. The first-order valence-corrected chi connectivity index (χ1v) is 7.30. The number of hydrogen-bond acceptors (Lipinski definition) is 2. The molecule has 0 unspecified atom stereocenters. The van der Waals surface area contributed by atoms with E-state index < -0.39 is 9.84 Å². The van der Waals surface area contributed by atoms with Gasteiger partial charge in [0.1, 0.15) is 9.84 Å². The molecule has 0 heterocycles. The van der Waals surface area contributed by atoms with Crippen LogP contribution in [0.3, 0.4) is 0 Å². The van der Waals surface area contributed by atoms with Crippen molar-refractivity contribution in [1.29, 1.82) is 0 Å². The van der Waals surface area contributed by atoms with Crippen LogP contribution in [0, 0.1) is 0 Å². The lowest BCUT2D eigenvalue weighted by atomic mass is 10.1. The first-order valence-electron chi connectivity index (χ1n) is 5.24. The molecule has 3 heteroatoms. The van der Waals surface area contributed by atoms with Gasteiger partial charge in [-0.15, -0.1) is 0 Å². The summed E-state index contributed by atoms with van der Waals surface area (Å²) in [6, 6.07) is 0. The van der Waals surface area contributed by atoms with Gasteiger partial charge in [0.05, 0.1) is 0 Å². The standard InChI is InChI=1S/C10H22O2S/c1-3-4-5-6-7-8-9-10-13(2,11)12/h3-10H2,1-2H3. The molecule has 0 aromatic carbocycles. The van der Waals surface area contributed by atoms with Crippen molar-refractivity contribution in [2.24, 2.45) is 0 Å². The summed E-state index contributed by atoms with van der Waals surface area (Å²) in [5.41, 5.74) is 0. The monoisotopic (exact) mass is 206 g/mol. The van der Waals surface area contributed by atoms with Crippen LogP contribution in [-0.4, -0.2) is 20.4 Å². The minimum absolute atomic E-state index is 0.362. The Morgan fingerprint density at radius 3 is 1.77 bits per heavy atom. The molecule has 0 saturated heterocycles. The van der Waals surface area contributed by atoms with E-state index in [0.29, 0.717) is 5.75 Å². The van der Waals surface area contributed by atoms with Crippen LogP contribution >= 0.6 is 0 Å². The van der Waals surface area contributed by atoms with Gasteiger partial charge >= 0.3 is 0 Å². The normalized spacial score (nSPS) is 11.8. The third kappa shape index (κ3) is 12.0. The van der Waals surface area contributed by atoms with E-state index in [2.05, 4.69) is 6.92 Å². The van der Waals surface area contributed by atoms with E-state index in [1.165, 1.54) is 38.4 Å². The summed E-state index contributed by atoms with van der Waals surface area (Å²) in [5.74, 6) is 0.362. The molecule has 0 atom stereocenters. The fourth-order valence-corrected chi connectivity index (χ4v) is 2.05. The Morgan fingerprint density at radius 1 is 0.846 bits per heavy atom. The van der Waals surface area contributed by atoms with E-state index in [9.17, 15) is 8.42 Å². The third-order valence-electron chi connectivity index (χ3n) is 2.12. The SMILES string of the molecule is CCCCCCCCCS(C)(=O)=O. The lowest BCUT2D eigenvalue weighted by Crippen LogP contribution is -2.02. The van der Waals surface area contributed by atoms with Crippen molar-refractivity contribution in [3.05, 3.63) is 0 Å². The maximum Gasteiger partial charge on any atom is 0.147 e. The van der Waals surface area contributed by atoms with Crippen LogP contribution in [0.1, 0.15) is 51.9 Å². The molecule has 0 aliphatic rings. The second kappa shape index (κ2) is 7.36. The van der Waals surface area contributed by atoms with Gasteiger partial charge in [-0.1, -0.05) is 45.4 Å². The Bertz CT molecular complexity index is 195. The summed E-state index contributed by atoms with van der Waals surface area (Å²) in [4.78, 5) is 0. The number of rotatable bonds is 8. The molecule has 0 aromatic rings. The smallest absolute Gasteiger partial charge is 0.147 e. The zero-order chi connectivity index (χ0) is 10.2. The topological polar surface area (TPSA) is 34.1 Å². The summed E-state index contributed by atoms with van der Waals surface area (Å²) in [5, 5.41) is 0. The molecule has 0 aliphatic carbocycles. The van der Waals surface area contributed by atoms with Gasteiger partial charge in [0.2, 0.25) is 0 Å². The van der Waals surface area contributed by atoms with Crippen molar-refractivity contribution < 1.29 is 8.42 Å². The summed E-state index contributed by atoms with van der Waals surface area (Å²) in [6.07, 6.45) is 9.55. The Labute approximate surface area is 82.6 Å². The van der Waals surface area contributed by atoms with Crippen molar-refractivity contribution in [1.82, 2.24) is 0 Å². The minimum Gasteiger partial charge on any atom is -0.229 e. The van der Waals surface area contributed by atoms with Gasteiger partial charge in [-0.05, 0) is 6.42 Å². The molecule has 0 N–H and O–H groups in total. The highest BCUT2D eigenvalue weighted by Gasteiger charge is 2.00. The summed E-state index contributed by atoms with van der Waals surface area (Å²) in [7, 11) is -2.72. The average molecular weight is 206 g/mol. The zero-order valence-electron chi connectivity index (χ0n) is 8.88. The van der Waals surface area contributed by atoms with Crippen LogP contribution in [-0.2, 0) is 9.84 Å². The quantitative estimate of drug-likeness (QED) is 0.572. The number of unbranched alkanes of at least 4 members (excludes halogenated alkanes) is 6. The second-order valence-corrected chi connectivity index (χ2v) is 6.01. The Balaban J connectivity index is 3.09. The van der Waals surface area contributed by atoms with Crippen LogP contribution in [0.4, 0.5) is 0 Å². The van der Waals surface area contributed by atoms with Gasteiger partial charge in [0, 0.05) is 12.0 Å². The molecule has 0 fully saturated rings.